The number of carbonyl (C=O) groups is 1. The molecule has 3 N–H and O–H groups in total. The Bertz CT molecular complexity index is 732. The number of hydrogen-bond donors (Lipinski definition) is 3. The van der Waals surface area contributed by atoms with Crippen molar-refractivity contribution in [1.82, 2.24) is 15.1 Å². The third-order valence-corrected chi connectivity index (χ3v) is 3.76. The molecule has 7 heteroatoms. The molecular weight excluding hydrogens is 286 g/mol. The summed E-state index contributed by atoms with van der Waals surface area (Å²) in [5, 5.41) is 14.6. The molecule has 0 spiro atoms. The monoisotopic (exact) mass is 303 g/mol. The van der Waals surface area contributed by atoms with Crippen molar-refractivity contribution >= 4 is 5.91 Å². The van der Waals surface area contributed by atoms with E-state index in [0.717, 1.165) is 5.69 Å². The molecule has 0 bridgehead atoms. The molecule has 3 rings (SSSR count). The van der Waals surface area contributed by atoms with Crippen LogP contribution in [0.5, 0.6) is 11.5 Å². The van der Waals surface area contributed by atoms with Gasteiger partial charge in [-0.1, -0.05) is 0 Å². The highest BCUT2D eigenvalue weighted by Crippen LogP contribution is 2.19. The summed E-state index contributed by atoms with van der Waals surface area (Å²) >= 11 is 0. The second-order valence-electron chi connectivity index (χ2n) is 5.30. The van der Waals surface area contributed by atoms with Gasteiger partial charge >= 0.3 is 0 Å². The van der Waals surface area contributed by atoms with E-state index in [1.807, 2.05) is 0 Å². The fourth-order valence-corrected chi connectivity index (χ4v) is 2.54. The molecule has 22 heavy (non-hydrogen) atoms. The lowest BCUT2D eigenvalue weighted by molar-refractivity contribution is -0.138. The van der Waals surface area contributed by atoms with Crippen molar-refractivity contribution in [1.29, 1.82) is 0 Å². The van der Waals surface area contributed by atoms with Crippen LogP contribution in [0, 0.1) is 0 Å². The Morgan fingerprint density at radius 1 is 1.32 bits per heavy atom. The number of aromatic amines is 2. The first-order valence-electron chi connectivity index (χ1n) is 7.07. The minimum Gasteiger partial charge on any atom is -0.508 e. The van der Waals surface area contributed by atoms with Gasteiger partial charge in [0.1, 0.15) is 11.5 Å². The number of phenols is 1. The van der Waals surface area contributed by atoms with E-state index in [-0.39, 0.29) is 23.8 Å². The average Bonchev–Trinajstić information content (AvgIpc) is 2.89. The van der Waals surface area contributed by atoms with Crippen LogP contribution in [-0.4, -0.2) is 38.8 Å². The van der Waals surface area contributed by atoms with Crippen molar-refractivity contribution in [3.05, 3.63) is 45.9 Å². The highest BCUT2D eigenvalue weighted by molar-refractivity contribution is 5.81. The summed E-state index contributed by atoms with van der Waals surface area (Å²) in [6, 6.07) is 6.20. The summed E-state index contributed by atoms with van der Waals surface area (Å²) in [7, 11) is 0. The van der Waals surface area contributed by atoms with Gasteiger partial charge < -0.3 is 19.8 Å². The fraction of sp³-hybridized carbons (Fsp3) is 0.333. The highest BCUT2D eigenvalue weighted by Gasteiger charge is 2.28. The lowest BCUT2D eigenvalue weighted by Crippen LogP contribution is -2.43. The molecule has 0 saturated carbocycles. The second kappa shape index (κ2) is 5.59. The lowest BCUT2D eigenvalue weighted by Gasteiger charge is -2.28. The smallest absolute Gasteiger partial charge is 0.269 e. The number of nitrogens with zero attached hydrogens (tertiary/aromatic N) is 1. The Kier molecular flexibility index (Phi) is 3.62. The summed E-state index contributed by atoms with van der Waals surface area (Å²) in [6.45, 7) is 2.51. The number of rotatable bonds is 3. The van der Waals surface area contributed by atoms with E-state index >= 15 is 0 Å². The Hall–Kier alpha value is -2.70. The summed E-state index contributed by atoms with van der Waals surface area (Å²) in [6.07, 6.45) is -0.0460. The molecule has 0 fully saturated rings. The highest BCUT2D eigenvalue weighted by atomic mass is 16.5. The number of aromatic hydroxyl groups is 1. The molecule has 1 aliphatic heterocycles. The number of phenolic OH excluding ortho intramolecular Hbond substituents is 1. The van der Waals surface area contributed by atoms with Crippen molar-refractivity contribution < 1.29 is 14.6 Å². The van der Waals surface area contributed by atoms with Crippen molar-refractivity contribution in [2.75, 3.05) is 6.54 Å². The molecule has 0 radical (unpaired) electrons. The maximum Gasteiger partial charge on any atom is 0.269 e. The van der Waals surface area contributed by atoms with Gasteiger partial charge in [0.05, 0.1) is 12.1 Å². The van der Waals surface area contributed by atoms with Gasteiger partial charge in [-0.05, 0) is 31.2 Å². The van der Waals surface area contributed by atoms with Crippen molar-refractivity contribution in [2.24, 2.45) is 0 Å². The van der Waals surface area contributed by atoms with Crippen LogP contribution in [0.15, 0.2) is 29.1 Å². The zero-order chi connectivity index (χ0) is 15.7. The number of aromatic nitrogens is 2. The molecule has 2 heterocycles. The SMILES string of the molecule is CC(Oc1ccc(O)cc1)C(=O)N1CCc2[nH][nH]c(=O)c2C1. The lowest BCUT2D eigenvalue weighted by atomic mass is 10.1. The second-order valence-corrected chi connectivity index (χ2v) is 5.30. The summed E-state index contributed by atoms with van der Waals surface area (Å²) < 4.78 is 5.59. The summed E-state index contributed by atoms with van der Waals surface area (Å²) in [5.41, 5.74) is 1.29. The molecule has 1 aliphatic rings. The number of carbonyl (C=O) groups excluding carboxylic acids is 1. The van der Waals surface area contributed by atoms with E-state index in [1.165, 1.54) is 12.1 Å². The van der Waals surface area contributed by atoms with Crippen LogP contribution in [0.1, 0.15) is 18.2 Å². The van der Waals surface area contributed by atoms with E-state index < -0.39 is 6.10 Å². The zero-order valence-corrected chi connectivity index (χ0v) is 12.1. The molecule has 1 unspecified atom stereocenters. The normalized spacial score (nSPS) is 15.2. The molecule has 1 aromatic carbocycles. The number of benzene rings is 1. The Morgan fingerprint density at radius 3 is 2.77 bits per heavy atom. The molecule has 0 aliphatic carbocycles. The van der Waals surface area contributed by atoms with E-state index in [2.05, 4.69) is 10.2 Å². The van der Waals surface area contributed by atoms with Crippen LogP contribution in [0.4, 0.5) is 0 Å². The maximum absolute atomic E-state index is 12.4. The molecule has 1 amide bonds. The zero-order valence-electron chi connectivity index (χ0n) is 12.1. The predicted molar refractivity (Wildman–Crippen MR) is 78.7 cm³/mol. The first-order chi connectivity index (χ1) is 10.5. The van der Waals surface area contributed by atoms with Crippen LogP contribution >= 0.6 is 0 Å². The van der Waals surface area contributed by atoms with Gasteiger partial charge in [-0.25, -0.2) is 0 Å². The number of amides is 1. The van der Waals surface area contributed by atoms with Crippen LogP contribution < -0.4 is 10.3 Å². The van der Waals surface area contributed by atoms with E-state index in [1.54, 1.807) is 24.0 Å². The van der Waals surface area contributed by atoms with Crippen molar-refractivity contribution in [3.8, 4) is 11.5 Å². The molecule has 1 atom stereocenters. The van der Waals surface area contributed by atoms with Gasteiger partial charge in [-0.3, -0.25) is 14.7 Å². The average molecular weight is 303 g/mol. The topological polar surface area (TPSA) is 98.4 Å². The third kappa shape index (κ3) is 2.69. The van der Waals surface area contributed by atoms with Crippen LogP contribution in [-0.2, 0) is 17.8 Å². The van der Waals surface area contributed by atoms with E-state index in [4.69, 9.17) is 4.74 Å². The standard InChI is InChI=1S/C15H17N3O4/c1-9(22-11-4-2-10(19)3-5-11)15(21)18-7-6-13-12(8-18)14(20)17-16-13/h2-5,9,19H,6-8H2,1H3,(H2,16,17,20). The molecular formula is C15H17N3O4. The number of H-pyrrole nitrogens is 2. The molecule has 7 nitrogen and oxygen atoms in total. The van der Waals surface area contributed by atoms with Crippen LogP contribution in [0.25, 0.3) is 0 Å². The fourth-order valence-electron chi connectivity index (χ4n) is 2.54. The predicted octanol–water partition coefficient (Wildman–Crippen LogP) is 0.761. The summed E-state index contributed by atoms with van der Waals surface area (Å²) in [5.74, 6) is 0.483. The quantitative estimate of drug-likeness (QED) is 0.779. The number of ether oxygens (including phenoxy) is 1. The minimum absolute atomic E-state index is 0.140. The maximum atomic E-state index is 12.4. The minimum atomic E-state index is -0.663. The first-order valence-corrected chi connectivity index (χ1v) is 7.07. The van der Waals surface area contributed by atoms with Crippen LogP contribution in [0.3, 0.4) is 0 Å². The Labute approximate surface area is 126 Å². The number of fused-ring (bicyclic) bond motifs is 1. The Morgan fingerprint density at radius 2 is 2.05 bits per heavy atom. The van der Waals surface area contributed by atoms with E-state index in [0.29, 0.717) is 24.3 Å². The van der Waals surface area contributed by atoms with Gasteiger partial charge in [0.2, 0.25) is 0 Å². The Balaban J connectivity index is 1.67. The van der Waals surface area contributed by atoms with E-state index in [9.17, 15) is 14.7 Å². The van der Waals surface area contributed by atoms with Crippen LogP contribution in [0.2, 0.25) is 0 Å². The van der Waals surface area contributed by atoms with Crippen molar-refractivity contribution in [3.63, 3.8) is 0 Å². The summed E-state index contributed by atoms with van der Waals surface area (Å²) in [4.78, 5) is 25.7. The van der Waals surface area contributed by atoms with Crippen molar-refractivity contribution in [2.45, 2.75) is 26.0 Å². The van der Waals surface area contributed by atoms with Gasteiger partial charge in [-0.15, -0.1) is 0 Å². The molecule has 0 saturated heterocycles. The first kappa shape index (κ1) is 14.2. The molecule has 1 aromatic heterocycles. The largest absolute Gasteiger partial charge is 0.508 e. The molecule has 2 aromatic rings. The van der Waals surface area contributed by atoms with Gasteiger partial charge in [0, 0.05) is 18.7 Å². The third-order valence-electron chi connectivity index (χ3n) is 3.76. The molecule has 116 valence electrons. The number of hydrogen-bond acceptors (Lipinski definition) is 4. The van der Waals surface area contributed by atoms with Gasteiger partial charge in [0.25, 0.3) is 11.5 Å². The van der Waals surface area contributed by atoms with Gasteiger partial charge in [-0.2, -0.15) is 0 Å². The number of nitrogens with one attached hydrogen (secondary N) is 2. The van der Waals surface area contributed by atoms with Gasteiger partial charge in [0.15, 0.2) is 6.10 Å².